The number of nitrogens with one attached hydrogen (secondary N) is 2. The monoisotopic (exact) mass is 410 g/mol. The zero-order valence-electron chi connectivity index (χ0n) is 16.1. The van der Waals surface area contributed by atoms with E-state index >= 15 is 0 Å². The van der Waals surface area contributed by atoms with Crippen molar-refractivity contribution < 1.29 is 9.90 Å². The molecular weight excluding hydrogens is 392 g/mol. The summed E-state index contributed by atoms with van der Waals surface area (Å²) >= 11 is 6.24. The SMILES string of the molecule is CNC(=O)c1cc(C#N)cc(C)c1NC(O)c1cc(C)nn1-c1ncccc1Cl. The number of nitriles is 1. The van der Waals surface area contributed by atoms with Gasteiger partial charge < -0.3 is 15.7 Å². The lowest BCUT2D eigenvalue weighted by atomic mass is 10.0. The van der Waals surface area contributed by atoms with Gasteiger partial charge in [0.05, 0.1) is 39.3 Å². The molecule has 3 aromatic rings. The molecule has 0 aliphatic rings. The Morgan fingerprint density at radius 2 is 2.10 bits per heavy atom. The van der Waals surface area contributed by atoms with E-state index in [-0.39, 0.29) is 11.5 Å². The highest BCUT2D eigenvalue weighted by atomic mass is 35.5. The number of pyridine rings is 1. The molecule has 0 radical (unpaired) electrons. The van der Waals surface area contributed by atoms with Crippen molar-refractivity contribution in [3.63, 3.8) is 0 Å². The summed E-state index contributed by atoms with van der Waals surface area (Å²) in [6.45, 7) is 3.53. The number of amides is 1. The fraction of sp³-hybridized carbons (Fsp3) is 0.200. The van der Waals surface area contributed by atoms with Gasteiger partial charge in [0.2, 0.25) is 0 Å². The Kier molecular flexibility index (Phi) is 5.82. The smallest absolute Gasteiger partial charge is 0.253 e. The molecule has 1 aromatic carbocycles. The summed E-state index contributed by atoms with van der Waals surface area (Å²) in [6, 6.07) is 10.2. The maximum atomic E-state index is 12.3. The first-order valence-electron chi connectivity index (χ1n) is 8.74. The van der Waals surface area contributed by atoms with Crippen LogP contribution in [0.25, 0.3) is 5.82 Å². The predicted molar refractivity (Wildman–Crippen MR) is 109 cm³/mol. The Bertz CT molecular complexity index is 1120. The molecule has 9 heteroatoms. The topological polar surface area (TPSA) is 116 Å². The Hall–Kier alpha value is -3.41. The largest absolute Gasteiger partial charge is 0.368 e. The average molecular weight is 411 g/mol. The quantitative estimate of drug-likeness (QED) is 0.557. The summed E-state index contributed by atoms with van der Waals surface area (Å²) in [5.41, 5.74) is 2.71. The number of aromatic nitrogens is 3. The van der Waals surface area contributed by atoms with Gasteiger partial charge in [-0.3, -0.25) is 4.79 Å². The fourth-order valence-corrected chi connectivity index (χ4v) is 3.19. The van der Waals surface area contributed by atoms with Crippen LogP contribution >= 0.6 is 11.6 Å². The van der Waals surface area contributed by atoms with Gasteiger partial charge in [-0.05, 0) is 49.7 Å². The number of halogens is 1. The van der Waals surface area contributed by atoms with E-state index in [0.29, 0.717) is 39.0 Å². The van der Waals surface area contributed by atoms with Gasteiger partial charge in [-0.2, -0.15) is 10.4 Å². The van der Waals surface area contributed by atoms with Crippen LogP contribution < -0.4 is 10.6 Å². The molecule has 148 valence electrons. The van der Waals surface area contributed by atoms with E-state index in [9.17, 15) is 15.2 Å². The number of benzene rings is 1. The fourth-order valence-electron chi connectivity index (χ4n) is 2.98. The summed E-state index contributed by atoms with van der Waals surface area (Å²) in [7, 11) is 1.50. The van der Waals surface area contributed by atoms with Gasteiger partial charge in [0, 0.05) is 13.2 Å². The molecule has 8 nitrogen and oxygen atoms in total. The summed E-state index contributed by atoms with van der Waals surface area (Å²) in [5.74, 6) is -0.00134. The molecule has 1 amide bonds. The summed E-state index contributed by atoms with van der Waals surface area (Å²) in [4.78, 5) is 16.6. The number of hydrogen-bond donors (Lipinski definition) is 3. The van der Waals surface area contributed by atoms with Crippen LogP contribution in [0.2, 0.25) is 5.02 Å². The number of nitrogens with zero attached hydrogens (tertiary/aromatic N) is 4. The molecule has 0 saturated carbocycles. The van der Waals surface area contributed by atoms with Crippen LogP contribution in [0.4, 0.5) is 5.69 Å². The molecule has 0 spiro atoms. The normalized spacial score (nSPS) is 11.6. The van der Waals surface area contributed by atoms with Crippen LogP contribution in [0, 0.1) is 25.2 Å². The Balaban J connectivity index is 2.05. The lowest BCUT2D eigenvalue weighted by Gasteiger charge is -2.20. The second-order valence-electron chi connectivity index (χ2n) is 6.38. The number of anilines is 1. The molecule has 0 saturated heterocycles. The van der Waals surface area contributed by atoms with Crippen molar-refractivity contribution in [2.24, 2.45) is 0 Å². The molecule has 0 aliphatic heterocycles. The lowest BCUT2D eigenvalue weighted by Crippen LogP contribution is -2.23. The molecule has 0 bridgehead atoms. The van der Waals surface area contributed by atoms with Crippen molar-refractivity contribution in [3.8, 4) is 11.9 Å². The molecule has 3 N–H and O–H groups in total. The number of hydrogen-bond acceptors (Lipinski definition) is 6. The third-order valence-electron chi connectivity index (χ3n) is 4.30. The minimum atomic E-state index is -1.22. The zero-order chi connectivity index (χ0) is 21.1. The number of rotatable bonds is 5. The lowest BCUT2D eigenvalue weighted by molar-refractivity contribution is 0.0963. The van der Waals surface area contributed by atoms with E-state index in [4.69, 9.17) is 11.6 Å². The van der Waals surface area contributed by atoms with E-state index in [2.05, 4.69) is 20.7 Å². The van der Waals surface area contributed by atoms with Gasteiger partial charge >= 0.3 is 0 Å². The van der Waals surface area contributed by atoms with Crippen LogP contribution in [0.15, 0.2) is 36.5 Å². The first kappa shape index (κ1) is 20.3. The van der Waals surface area contributed by atoms with Gasteiger partial charge in [-0.25, -0.2) is 9.67 Å². The average Bonchev–Trinajstić information content (AvgIpc) is 3.10. The number of aliphatic hydroxyl groups excluding tert-OH is 1. The predicted octanol–water partition coefficient (Wildman–Crippen LogP) is 2.87. The highest BCUT2D eigenvalue weighted by Crippen LogP contribution is 2.28. The third kappa shape index (κ3) is 4.06. The number of carbonyl (C=O) groups excluding carboxylic acids is 1. The highest BCUT2D eigenvalue weighted by molar-refractivity contribution is 6.32. The Morgan fingerprint density at radius 1 is 1.34 bits per heavy atom. The minimum absolute atomic E-state index is 0.252. The Labute approximate surface area is 172 Å². The van der Waals surface area contributed by atoms with Gasteiger partial charge in [-0.15, -0.1) is 0 Å². The Morgan fingerprint density at radius 3 is 2.76 bits per heavy atom. The second-order valence-corrected chi connectivity index (χ2v) is 6.79. The standard InChI is InChI=1S/C20H19ClN6O2/c1-11-7-13(10-22)9-14(19(28)23-3)17(11)25-20(29)16-8-12(2)26-27(16)18-15(21)5-4-6-24-18/h4-9,20,25,29H,1-3H3,(H,23,28). The third-order valence-corrected chi connectivity index (χ3v) is 4.59. The van der Waals surface area contributed by atoms with Crippen molar-refractivity contribution in [2.75, 3.05) is 12.4 Å². The van der Waals surface area contributed by atoms with Crippen LogP contribution in [0.5, 0.6) is 0 Å². The molecule has 2 heterocycles. The molecule has 1 unspecified atom stereocenters. The maximum Gasteiger partial charge on any atom is 0.253 e. The van der Waals surface area contributed by atoms with Crippen LogP contribution in [-0.2, 0) is 0 Å². The molecule has 2 aromatic heterocycles. The van der Waals surface area contributed by atoms with Gasteiger partial charge in [0.25, 0.3) is 5.91 Å². The molecule has 3 rings (SSSR count). The number of carbonyl (C=O) groups is 1. The van der Waals surface area contributed by atoms with E-state index in [0.717, 1.165) is 0 Å². The summed E-state index contributed by atoms with van der Waals surface area (Å²) < 4.78 is 1.45. The first-order chi connectivity index (χ1) is 13.8. The van der Waals surface area contributed by atoms with Crippen molar-refractivity contribution in [3.05, 3.63) is 69.6 Å². The highest BCUT2D eigenvalue weighted by Gasteiger charge is 2.22. The zero-order valence-corrected chi connectivity index (χ0v) is 16.8. The summed E-state index contributed by atoms with van der Waals surface area (Å²) in [5, 5.41) is 30.4. The second kappa shape index (κ2) is 8.31. The molecule has 0 fully saturated rings. The molecule has 1 atom stereocenters. The van der Waals surface area contributed by atoms with Crippen molar-refractivity contribution in [2.45, 2.75) is 20.1 Å². The molecular formula is C20H19ClN6O2. The van der Waals surface area contributed by atoms with Crippen molar-refractivity contribution in [1.29, 1.82) is 5.26 Å². The summed E-state index contributed by atoms with van der Waals surface area (Å²) in [6.07, 6.45) is 0.361. The van der Waals surface area contributed by atoms with Crippen molar-refractivity contribution >= 4 is 23.2 Å². The number of aliphatic hydroxyl groups is 1. The van der Waals surface area contributed by atoms with E-state index in [1.165, 1.54) is 17.8 Å². The maximum absolute atomic E-state index is 12.3. The number of aryl methyl sites for hydroxylation is 2. The molecule has 0 aliphatic carbocycles. The van der Waals surface area contributed by atoms with E-state index in [1.54, 1.807) is 44.3 Å². The van der Waals surface area contributed by atoms with Gasteiger partial charge in [-0.1, -0.05) is 11.6 Å². The van der Waals surface area contributed by atoms with Gasteiger partial charge in [0.15, 0.2) is 12.0 Å². The minimum Gasteiger partial charge on any atom is -0.368 e. The van der Waals surface area contributed by atoms with Crippen molar-refractivity contribution in [1.82, 2.24) is 20.1 Å². The van der Waals surface area contributed by atoms with Crippen LogP contribution in [-0.4, -0.2) is 32.8 Å². The first-order valence-corrected chi connectivity index (χ1v) is 9.12. The van der Waals surface area contributed by atoms with E-state index < -0.39 is 6.23 Å². The van der Waals surface area contributed by atoms with Crippen LogP contribution in [0.3, 0.4) is 0 Å². The van der Waals surface area contributed by atoms with E-state index in [1.807, 2.05) is 6.07 Å². The van der Waals surface area contributed by atoms with Gasteiger partial charge in [0.1, 0.15) is 0 Å². The van der Waals surface area contributed by atoms with Crippen LogP contribution in [0.1, 0.15) is 39.1 Å². The molecule has 29 heavy (non-hydrogen) atoms.